The molecule has 5 nitrogen and oxygen atoms in total. The smallest absolute Gasteiger partial charge is 0.297 e. The largest absolute Gasteiger partial charge is 0.376 e. The molecular formula is C27H29FO5S. The summed E-state index contributed by atoms with van der Waals surface area (Å²) in [5, 5.41) is 0. The van der Waals surface area contributed by atoms with E-state index in [0.29, 0.717) is 13.2 Å². The van der Waals surface area contributed by atoms with Gasteiger partial charge in [0.05, 0.1) is 31.3 Å². The lowest BCUT2D eigenvalue weighted by Crippen LogP contribution is -2.58. The fourth-order valence-electron chi connectivity index (χ4n) is 4.05. The molecule has 1 aliphatic carbocycles. The summed E-state index contributed by atoms with van der Waals surface area (Å²) in [6.07, 6.45) is -2.59. The van der Waals surface area contributed by atoms with Gasteiger partial charge in [0.2, 0.25) is 0 Å². The number of hydrogen-bond acceptors (Lipinski definition) is 5. The maximum absolute atomic E-state index is 15.2. The molecule has 4 rings (SSSR count). The van der Waals surface area contributed by atoms with Gasteiger partial charge in [-0.05, 0) is 30.2 Å². The zero-order chi connectivity index (χ0) is 24.0. The van der Waals surface area contributed by atoms with Crippen LogP contribution in [0.1, 0.15) is 16.7 Å². The normalized spacial score (nSPS) is 22.3. The molecule has 0 unspecified atom stereocenters. The third-order valence-corrected chi connectivity index (χ3v) is 7.41. The van der Waals surface area contributed by atoms with Crippen LogP contribution in [0.25, 0.3) is 0 Å². The van der Waals surface area contributed by atoms with Crippen molar-refractivity contribution in [2.24, 2.45) is 11.8 Å². The van der Waals surface area contributed by atoms with Gasteiger partial charge in [0.1, 0.15) is 12.3 Å². The highest BCUT2D eigenvalue weighted by molar-refractivity contribution is 7.86. The lowest BCUT2D eigenvalue weighted by Gasteiger charge is -2.46. The quantitative estimate of drug-likeness (QED) is 0.355. The van der Waals surface area contributed by atoms with E-state index in [1.807, 2.05) is 67.6 Å². The van der Waals surface area contributed by atoms with Crippen molar-refractivity contribution in [1.82, 2.24) is 0 Å². The number of aryl methyl sites for hydroxylation is 1. The van der Waals surface area contributed by atoms with E-state index in [1.54, 1.807) is 12.1 Å². The Kier molecular flexibility index (Phi) is 8.11. The van der Waals surface area contributed by atoms with E-state index >= 15 is 4.39 Å². The Morgan fingerprint density at radius 3 is 1.76 bits per heavy atom. The number of rotatable bonds is 11. The molecule has 0 saturated heterocycles. The van der Waals surface area contributed by atoms with E-state index in [0.717, 1.165) is 16.7 Å². The van der Waals surface area contributed by atoms with Crippen molar-refractivity contribution in [3.05, 3.63) is 102 Å². The van der Waals surface area contributed by atoms with Crippen LogP contribution < -0.4 is 0 Å². The molecule has 0 amide bonds. The Morgan fingerprint density at radius 1 is 0.735 bits per heavy atom. The van der Waals surface area contributed by atoms with Crippen molar-refractivity contribution in [1.29, 1.82) is 0 Å². The number of ether oxygens (including phenoxy) is 2. The molecule has 0 heterocycles. The summed E-state index contributed by atoms with van der Waals surface area (Å²) in [4.78, 5) is 0.0121. The third-order valence-electron chi connectivity index (χ3n) is 6.09. The molecular weight excluding hydrogens is 455 g/mol. The molecule has 0 aromatic heterocycles. The van der Waals surface area contributed by atoms with Crippen LogP contribution in [-0.2, 0) is 37.0 Å². The lowest BCUT2D eigenvalue weighted by molar-refractivity contribution is -0.150. The van der Waals surface area contributed by atoms with Crippen LogP contribution in [0.15, 0.2) is 89.8 Å². The van der Waals surface area contributed by atoms with Crippen molar-refractivity contribution in [2.45, 2.75) is 37.3 Å². The first-order valence-corrected chi connectivity index (χ1v) is 12.7. The molecule has 0 spiro atoms. The molecule has 3 aromatic rings. The monoisotopic (exact) mass is 484 g/mol. The second-order valence-corrected chi connectivity index (χ2v) is 10.2. The SMILES string of the molecule is Cc1ccc(S(=O)(=O)O[C@H]2[C@@H](F)[C@H](COCc3ccccc3)[C@H]2COCc2ccccc2)cc1. The van der Waals surface area contributed by atoms with Crippen molar-refractivity contribution >= 4 is 10.1 Å². The van der Waals surface area contributed by atoms with Crippen molar-refractivity contribution in [3.8, 4) is 0 Å². The molecule has 1 fully saturated rings. The minimum absolute atomic E-state index is 0.0121. The number of hydrogen-bond donors (Lipinski definition) is 0. The van der Waals surface area contributed by atoms with Crippen LogP contribution in [0.5, 0.6) is 0 Å². The first-order valence-electron chi connectivity index (χ1n) is 11.3. The van der Waals surface area contributed by atoms with E-state index in [2.05, 4.69) is 0 Å². The Hall–Kier alpha value is -2.58. The first kappa shape index (κ1) is 24.5. The van der Waals surface area contributed by atoms with Gasteiger partial charge >= 0.3 is 0 Å². The molecule has 1 aliphatic rings. The van der Waals surface area contributed by atoms with Crippen LogP contribution in [0.4, 0.5) is 4.39 Å². The molecule has 0 N–H and O–H groups in total. The molecule has 1 saturated carbocycles. The van der Waals surface area contributed by atoms with Gasteiger partial charge in [0.15, 0.2) is 0 Å². The highest BCUT2D eigenvalue weighted by atomic mass is 32.2. The maximum Gasteiger partial charge on any atom is 0.297 e. The summed E-state index contributed by atoms with van der Waals surface area (Å²) in [6.45, 7) is 2.89. The predicted octanol–water partition coefficient (Wildman–Crippen LogP) is 5.09. The highest BCUT2D eigenvalue weighted by Gasteiger charge is 2.54. The topological polar surface area (TPSA) is 61.8 Å². The minimum Gasteiger partial charge on any atom is -0.376 e. The summed E-state index contributed by atoms with van der Waals surface area (Å²) in [6, 6.07) is 25.6. The number of alkyl halides is 1. The second-order valence-electron chi connectivity index (χ2n) is 8.60. The van der Waals surface area contributed by atoms with Gasteiger partial charge in [0, 0.05) is 11.8 Å². The molecule has 7 heteroatoms. The van der Waals surface area contributed by atoms with Crippen molar-refractivity contribution < 1.29 is 26.5 Å². The number of benzene rings is 3. The van der Waals surface area contributed by atoms with Crippen molar-refractivity contribution in [3.63, 3.8) is 0 Å². The fourth-order valence-corrected chi connectivity index (χ4v) is 5.18. The summed E-state index contributed by atoms with van der Waals surface area (Å²) < 4.78 is 57.7. The van der Waals surface area contributed by atoms with Gasteiger partial charge in [-0.25, -0.2) is 4.39 Å². The van der Waals surface area contributed by atoms with Crippen LogP contribution in [0.3, 0.4) is 0 Å². The zero-order valence-electron chi connectivity index (χ0n) is 19.0. The Morgan fingerprint density at radius 2 is 1.24 bits per heavy atom. The molecule has 0 bridgehead atoms. The van der Waals surface area contributed by atoms with Crippen LogP contribution in [-0.4, -0.2) is 33.9 Å². The van der Waals surface area contributed by atoms with Gasteiger partial charge < -0.3 is 9.47 Å². The Labute approximate surface area is 200 Å². The average molecular weight is 485 g/mol. The summed E-state index contributed by atoms with van der Waals surface area (Å²) in [5.74, 6) is -0.965. The van der Waals surface area contributed by atoms with Crippen LogP contribution >= 0.6 is 0 Å². The number of halogens is 1. The Bertz CT molecular complexity index is 1140. The van der Waals surface area contributed by atoms with E-state index in [-0.39, 0.29) is 18.1 Å². The van der Waals surface area contributed by atoms with Gasteiger partial charge in [-0.15, -0.1) is 0 Å². The van der Waals surface area contributed by atoms with Crippen molar-refractivity contribution in [2.75, 3.05) is 13.2 Å². The third kappa shape index (κ3) is 6.10. The highest BCUT2D eigenvalue weighted by Crippen LogP contribution is 2.42. The molecule has 0 aliphatic heterocycles. The van der Waals surface area contributed by atoms with E-state index < -0.39 is 34.2 Å². The van der Waals surface area contributed by atoms with Gasteiger partial charge in [-0.3, -0.25) is 4.18 Å². The predicted molar refractivity (Wildman–Crippen MR) is 127 cm³/mol. The lowest BCUT2D eigenvalue weighted by atomic mass is 9.70. The molecule has 0 radical (unpaired) electrons. The fraction of sp³-hybridized carbons (Fsp3) is 0.333. The molecule has 180 valence electrons. The standard InChI is InChI=1S/C27H29FO5S/c1-20-12-14-23(15-13-20)34(29,30)33-27-25(19-32-17-22-10-6-3-7-11-22)24(26(27)28)18-31-16-21-8-4-2-5-9-21/h2-15,24-27H,16-19H2,1H3/t24-,25-,26+,27-/m1/s1. The first-order chi connectivity index (χ1) is 16.4. The van der Waals surface area contributed by atoms with Gasteiger partial charge in [-0.2, -0.15) is 8.42 Å². The van der Waals surface area contributed by atoms with Gasteiger partial charge in [0.25, 0.3) is 10.1 Å². The summed E-state index contributed by atoms with van der Waals surface area (Å²) in [5.41, 5.74) is 2.90. The Balaban J connectivity index is 1.41. The maximum atomic E-state index is 15.2. The van der Waals surface area contributed by atoms with Gasteiger partial charge in [-0.1, -0.05) is 78.4 Å². The molecule has 4 atom stereocenters. The van der Waals surface area contributed by atoms with E-state index in [9.17, 15) is 8.42 Å². The van der Waals surface area contributed by atoms with E-state index in [1.165, 1.54) is 12.1 Å². The summed E-state index contributed by atoms with van der Waals surface area (Å²) >= 11 is 0. The zero-order valence-corrected chi connectivity index (χ0v) is 19.9. The molecule has 34 heavy (non-hydrogen) atoms. The van der Waals surface area contributed by atoms with Crippen LogP contribution in [0.2, 0.25) is 0 Å². The second kappa shape index (κ2) is 11.2. The van der Waals surface area contributed by atoms with E-state index in [4.69, 9.17) is 13.7 Å². The summed E-state index contributed by atoms with van der Waals surface area (Å²) in [7, 11) is -4.10. The van der Waals surface area contributed by atoms with Crippen LogP contribution in [0, 0.1) is 18.8 Å². The minimum atomic E-state index is -4.10. The molecule has 3 aromatic carbocycles. The average Bonchev–Trinajstić information content (AvgIpc) is 2.85.